The summed E-state index contributed by atoms with van der Waals surface area (Å²) in [5.41, 5.74) is 0.484. The van der Waals surface area contributed by atoms with E-state index in [0.717, 1.165) is 0 Å². The van der Waals surface area contributed by atoms with Crippen LogP contribution in [0.5, 0.6) is 0 Å². The quantitative estimate of drug-likeness (QED) is 0.385. The SMILES string of the molecule is C/C(=N\O)C1(C)OCC(C)(C)CO1. The highest BCUT2D eigenvalue weighted by Gasteiger charge is 2.39. The van der Waals surface area contributed by atoms with Crippen LogP contribution in [-0.2, 0) is 9.47 Å². The smallest absolute Gasteiger partial charge is 0.208 e. The van der Waals surface area contributed by atoms with Gasteiger partial charge >= 0.3 is 0 Å². The average Bonchev–Trinajstić information content (AvgIpc) is 2.09. The Hall–Kier alpha value is -0.610. The highest BCUT2D eigenvalue weighted by Crippen LogP contribution is 2.29. The van der Waals surface area contributed by atoms with Crippen LogP contribution in [-0.4, -0.2) is 29.9 Å². The Labute approximate surface area is 78.5 Å². The molecule has 1 heterocycles. The fraction of sp³-hybridized carbons (Fsp3) is 0.889. The second-order valence-corrected chi connectivity index (χ2v) is 4.37. The predicted molar refractivity (Wildman–Crippen MR) is 49.0 cm³/mol. The molecule has 4 heteroatoms. The third-order valence-corrected chi connectivity index (χ3v) is 2.28. The van der Waals surface area contributed by atoms with Gasteiger partial charge in [-0.05, 0) is 13.8 Å². The summed E-state index contributed by atoms with van der Waals surface area (Å²) in [6.45, 7) is 8.79. The Morgan fingerprint density at radius 1 is 1.23 bits per heavy atom. The van der Waals surface area contributed by atoms with Crippen LogP contribution in [0.4, 0.5) is 0 Å². The Kier molecular flexibility index (Phi) is 2.63. The normalized spacial score (nSPS) is 27.2. The largest absolute Gasteiger partial charge is 0.411 e. The zero-order valence-corrected chi connectivity index (χ0v) is 8.63. The van der Waals surface area contributed by atoms with Crippen molar-refractivity contribution in [1.82, 2.24) is 0 Å². The number of nitrogens with zero attached hydrogens (tertiary/aromatic N) is 1. The summed E-state index contributed by atoms with van der Waals surface area (Å²) < 4.78 is 11.0. The van der Waals surface area contributed by atoms with Crippen LogP contribution in [0.3, 0.4) is 0 Å². The van der Waals surface area contributed by atoms with Crippen LogP contribution >= 0.6 is 0 Å². The van der Waals surface area contributed by atoms with E-state index in [0.29, 0.717) is 18.9 Å². The zero-order valence-electron chi connectivity index (χ0n) is 8.63. The first-order chi connectivity index (χ1) is 5.90. The van der Waals surface area contributed by atoms with Crippen molar-refractivity contribution in [3.8, 4) is 0 Å². The molecule has 1 aliphatic rings. The van der Waals surface area contributed by atoms with Crippen molar-refractivity contribution in [1.29, 1.82) is 0 Å². The van der Waals surface area contributed by atoms with Gasteiger partial charge in [0.15, 0.2) is 0 Å². The predicted octanol–water partition coefficient (Wildman–Crippen LogP) is 1.63. The van der Waals surface area contributed by atoms with Crippen molar-refractivity contribution in [2.75, 3.05) is 13.2 Å². The minimum atomic E-state index is -0.857. The van der Waals surface area contributed by atoms with E-state index in [4.69, 9.17) is 14.7 Å². The molecular weight excluding hydrogens is 170 g/mol. The third-order valence-electron chi connectivity index (χ3n) is 2.28. The first-order valence-electron chi connectivity index (χ1n) is 4.37. The number of hydrogen-bond donors (Lipinski definition) is 1. The molecule has 0 bridgehead atoms. The Morgan fingerprint density at radius 2 is 1.69 bits per heavy atom. The van der Waals surface area contributed by atoms with Crippen LogP contribution < -0.4 is 0 Å². The molecule has 13 heavy (non-hydrogen) atoms. The van der Waals surface area contributed by atoms with Gasteiger partial charge in [-0.1, -0.05) is 19.0 Å². The molecule has 1 saturated heterocycles. The van der Waals surface area contributed by atoms with Crippen LogP contribution in [0.1, 0.15) is 27.7 Å². The molecule has 0 aromatic heterocycles. The Bertz CT molecular complexity index is 213. The summed E-state index contributed by atoms with van der Waals surface area (Å²) in [6.07, 6.45) is 0. The molecule has 1 aliphatic heterocycles. The van der Waals surface area contributed by atoms with Crippen molar-refractivity contribution >= 4 is 5.71 Å². The summed E-state index contributed by atoms with van der Waals surface area (Å²) in [4.78, 5) is 0. The van der Waals surface area contributed by atoms with Crippen LogP contribution in [0, 0.1) is 5.41 Å². The summed E-state index contributed by atoms with van der Waals surface area (Å²) in [5, 5.41) is 11.7. The molecular formula is C9H17NO3. The number of oxime groups is 1. The molecule has 0 spiro atoms. The lowest BCUT2D eigenvalue weighted by molar-refractivity contribution is -0.250. The molecule has 0 unspecified atom stereocenters. The van der Waals surface area contributed by atoms with Crippen LogP contribution in [0.2, 0.25) is 0 Å². The summed E-state index contributed by atoms with van der Waals surface area (Å²) in [6, 6.07) is 0. The molecule has 76 valence electrons. The van der Waals surface area contributed by atoms with Gasteiger partial charge in [-0.15, -0.1) is 0 Å². The maximum absolute atomic E-state index is 8.61. The third kappa shape index (κ3) is 2.19. The Morgan fingerprint density at radius 3 is 2.08 bits per heavy atom. The second-order valence-electron chi connectivity index (χ2n) is 4.37. The number of rotatable bonds is 1. The number of hydrogen-bond acceptors (Lipinski definition) is 4. The highest BCUT2D eigenvalue weighted by atomic mass is 16.7. The molecule has 0 radical (unpaired) electrons. The van der Waals surface area contributed by atoms with Gasteiger partial charge in [-0.25, -0.2) is 0 Å². The van der Waals surface area contributed by atoms with Gasteiger partial charge in [0.05, 0.1) is 13.2 Å². The molecule has 0 atom stereocenters. The molecule has 0 aliphatic carbocycles. The van der Waals surface area contributed by atoms with Gasteiger partial charge in [-0.3, -0.25) is 0 Å². The van der Waals surface area contributed by atoms with Crippen molar-refractivity contribution in [2.45, 2.75) is 33.5 Å². The first kappa shape index (κ1) is 10.5. The molecule has 4 nitrogen and oxygen atoms in total. The van der Waals surface area contributed by atoms with Crippen molar-refractivity contribution in [3.05, 3.63) is 0 Å². The summed E-state index contributed by atoms with van der Waals surface area (Å²) in [5.74, 6) is -0.857. The van der Waals surface area contributed by atoms with Gasteiger partial charge < -0.3 is 14.7 Å². The molecule has 0 saturated carbocycles. The molecule has 1 fully saturated rings. The second kappa shape index (κ2) is 3.27. The molecule has 0 aromatic rings. The van der Waals surface area contributed by atoms with Gasteiger partial charge in [0.2, 0.25) is 5.79 Å². The molecule has 0 aromatic carbocycles. The highest BCUT2D eigenvalue weighted by molar-refractivity contribution is 5.88. The Balaban J connectivity index is 2.67. The fourth-order valence-electron chi connectivity index (χ4n) is 1.05. The van der Waals surface area contributed by atoms with E-state index < -0.39 is 5.79 Å². The lowest BCUT2D eigenvalue weighted by Gasteiger charge is -2.40. The maximum atomic E-state index is 8.61. The standard InChI is InChI=1S/C9H17NO3/c1-7(10-11)9(4)12-5-8(2,3)6-13-9/h11H,5-6H2,1-4H3/b10-7+. The minimum Gasteiger partial charge on any atom is -0.411 e. The fourth-order valence-corrected chi connectivity index (χ4v) is 1.05. The topological polar surface area (TPSA) is 51.1 Å². The van der Waals surface area contributed by atoms with Crippen LogP contribution in [0.15, 0.2) is 5.16 Å². The van der Waals surface area contributed by atoms with E-state index in [1.54, 1.807) is 13.8 Å². The minimum absolute atomic E-state index is 0.0370. The van der Waals surface area contributed by atoms with E-state index in [-0.39, 0.29) is 5.41 Å². The van der Waals surface area contributed by atoms with Gasteiger partial charge in [0.25, 0.3) is 0 Å². The van der Waals surface area contributed by atoms with Gasteiger partial charge in [0, 0.05) is 5.41 Å². The summed E-state index contributed by atoms with van der Waals surface area (Å²) in [7, 11) is 0. The lowest BCUT2D eigenvalue weighted by atomic mass is 9.94. The van der Waals surface area contributed by atoms with E-state index in [1.165, 1.54) is 0 Å². The van der Waals surface area contributed by atoms with Crippen molar-refractivity contribution in [3.63, 3.8) is 0 Å². The summed E-state index contributed by atoms with van der Waals surface area (Å²) >= 11 is 0. The molecule has 1 N–H and O–H groups in total. The van der Waals surface area contributed by atoms with Crippen molar-refractivity contribution < 1.29 is 14.7 Å². The van der Waals surface area contributed by atoms with E-state index in [1.807, 2.05) is 0 Å². The monoisotopic (exact) mass is 187 g/mol. The molecule has 0 amide bonds. The van der Waals surface area contributed by atoms with E-state index in [9.17, 15) is 0 Å². The lowest BCUT2D eigenvalue weighted by Crippen LogP contribution is -2.49. The van der Waals surface area contributed by atoms with Crippen molar-refractivity contribution in [2.24, 2.45) is 10.6 Å². The van der Waals surface area contributed by atoms with Gasteiger partial charge in [0.1, 0.15) is 5.71 Å². The molecule has 1 rings (SSSR count). The average molecular weight is 187 g/mol. The van der Waals surface area contributed by atoms with E-state index >= 15 is 0 Å². The van der Waals surface area contributed by atoms with Gasteiger partial charge in [-0.2, -0.15) is 0 Å². The van der Waals surface area contributed by atoms with E-state index in [2.05, 4.69) is 19.0 Å². The first-order valence-corrected chi connectivity index (χ1v) is 4.37. The zero-order chi connectivity index (χ0) is 10.1. The maximum Gasteiger partial charge on any atom is 0.208 e. The van der Waals surface area contributed by atoms with Crippen LogP contribution in [0.25, 0.3) is 0 Å². The number of ether oxygens (including phenoxy) is 2.